The number of hydrogen-bond donors (Lipinski definition) is 1. The molecular weight excluding hydrogens is 638 g/mol. The molecule has 1 N–H and O–H groups in total. The van der Waals surface area contributed by atoms with Gasteiger partial charge in [0.1, 0.15) is 12.6 Å². The molecule has 0 unspecified atom stereocenters. The van der Waals surface area contributed by atoms with E-state index >= 15 is 0 Å². The molecule has 0 aromatic heterocycles. The molecule has 4 rings (SSSR count). The summed E-state index contributed by atoms with van der Waals surface area (Å²) in [7, 11) is -3.86. The van der Waals surface area contributed by atoms with E-state index < -0.39 is 28.5 Å². The van der Waals surface area contributed by atoms with E-state index in [1.54, 1.807) is 18.2 Å². The number of aryl methyl sites for hydroxylation is 1. The predicted octanol–water partition coefficient (Wildman–Crippen LogP) is 6.27. The maximum absolute atomic E-state index is 14.2. The molecule has 0 spiro atoms. The van der Waals surface area contributed by atoms with Crippen LogP contribution in [0.15, 0.2) is 77.3 Å². The first-order chi connectivity index (χ1) is 20.0. The molecule has 1 saturated carbocycles. The number of halogens is 2. The fraction of sp³-hybridized carbons (Fsp3) is 0.375. The summed E-state index contributed by atoms with van der Waals surface area (Å²) in [5.74, 6) is -0.727. The molecular formula is C32H37BrClN3O4S. The van der Waals surface area contributed by atoms with Gasteiger partial charge in [-0.05, 0) is 60.7 Å². The summed E-state index contributed by atoms with van der Waals surface area (Å²) in [6, 6.07) is 21.2. The summed E-state index contributed by atoms with van der Waals surface area (Å²) in [5.41, 5.74) is 2.79. The van der Waals surface area contributed by atoms with Crippen molar-refractivity contribution in [3.05, 3.63) is 99.0 Å². The SMILES string of the molecule is Cc1ccc(N(CC(=O)N(Cc2cccc(Br)c2)[C@@H](Cc2ccccc2)C(=O)NC2CCCCC2)S(C)(=O)=O)cc1Cl. The van der Waals surface area contributed by atoms with Crippen molar-refractivity contribution < 1.29 is 18.0 Å². The molecule has 0 radical (unpaired) electrons. The number of amides is 2. The van der Waals surface area contributed by atoms with Gasteiger partial charge in [-0.1, -0.05) is 95.3 Å². The van der Waals surface area contributed by atoms with Gasteiger partial charge >= 0.3 is 0 Å². The molecule has 7 nitrogen and oxygen atoms in total. The van der Waals surface area contributed by atoms with Crippen molar-refractivity contribution in [3.63, 3.8) is 0 Å². The number of sulfonamides is 1. The Balaban J connectivity index is 1.73. The molecule has 2 amide bonds. The quantitative estimate of drug-likeness (QED) is 0.260. The molecule has 1 atom stereocenters. The molecule has 3 aromatic carbocycles. The van der Waals surface area contributed by atoms with Gasteiger partial charge in [0.25, 0.3) is 0 Å². The van der Waals surface area contributed by atoms with Crippen molar-refractivity contribution in [1.82, 2.24) is 10.2 Å². The lowest BCUT2D eigenvalue weighted by Crippen LogP contribution is -2.55. The van der Waals surface area contributed by atoms with Crippen LogP contribution >= 0.6 is 27.5 Å². The molecule has 10 heteroatoms. The first kappa shape index (κ1) is 32.0. The summed E-state index contributed by atoms with van der Waals surface area (Å²) in [5, 5.41) is 3.61. The standard InChI is InChI=1S/C32H37BrClN3O4S/c1-23-16-17-28(20-29(23)34)37(42(2,40)41)22-31(38)36(21-25-12-9-13-26(33)18-25)30(19-24-10-5-3-6-11-24)32(39)35-27-14-7-4-8-15-27/h3,5-6,9-13,16-18,20,27,30H,4,7-8,14-15,19,21-22H2,1-2H3,(H,35,39)/t30-/m0/s1. The topological polar surface area (TPSA) is 86.8 Å². The van der Waals surface area contributed by atoms with Crippen molar-refractivity contribution in [2.45, 2.75) is 64.1 Å². The van der Waals surface area contributed by atoms with E-state index in [0.717, 1.165) is 63.8 Å². The Morgan fingerprint density at radius 3 is 2.31 bits per heavy atom. The molecule has 0 saturated heterocycles. The molecule has 1 aliphatic rings. The molecule has 0 heterocycles. The van der Waals surface area contributed by atoms with Gasteiger partial charge in [-0.2, -0.15) is 0 Å². The summed E-state index contributed by atoms with van der Waals surface area (Å²) in [6.45, 7) is 1.47. The number of carbonyl (C=O) groups excluding carboxylic acids is 2. The van der Waals surface area contributed by atoms with E-state index in [2.05, 4.69) is 21.2 Å². The van der Waals surface area contributed by atoms with Gasteiger partial charge in [-0.3, -0.25) is 13.9 Å². The van der Waals surface area contributed by atoms with E-state index in [1.165, 1.54) is 4.90 Å². The van der Waals surface area contributed by atoms with Crippen LogP contribution in [-0.4, -0.2) is 50.0 Å². The van der Waals surface area contributed by atoms with Crippen molar-refractivity contribution in [2.24, 2.45) is 0 Å². The molecule has 1 aliphatic carbocycles. The summed E-state index contributed by atoms with van der Waals surface area (Å²) in [4.78, 5) is 29.7. The first-order valence-electron chi connectivity index (χ1n) is 14.1. The van der Waals surface area contributed by atoms with Crippen LogP contribution in [0.4, 0.5) is 5.69 Å². The van der Waals surface area contributed by atoms with Crippen molar-refractivity contribution in [3.8, 4) is 0 Å². The Morgan fingerprint density at radius 1 is 0.976 bits per heavy atom. The smallest absolute Gasteiger partial charge is 0.244 e. The average molecular weight is 675 g/mol. The third-order valence-corrected chi connectivity index (χ3v) is 9.63. The van der Waals surface area contributed by atoms with Crippen LogP contribution in [0.5, 0.6) is 0 Å². The van der Waals surface area contributed by atoms with Gasteiger partial charge in [0.2, 0.25) is 21.8 Å². The van der Waals surface area contributed by atoms with E-state index in [0.29, 0.717) is 5.02 Å². The lowest BCUT2D eigenvalue weighted by molar-refractivity contribution is -0.140. The Bertz CT molecular complexity index is 1500. The van der Waals surface area contributed by atoms with Crippen molar-refractivity contribution in [2.75, 3.05) is 17.1 Å². The zero-order valence-electron chi connectivity index (χ0n) is 23.9. The molecule has 42 heavy (non-hydrogen) atoms. The Kier molecular flexibility index (Phi) is 11.1. The Morgan fingerprint density at radius 2 is 1.67 bits per heavy atom. The second-order valence-corrected chi connectivity index (χ2v) is 14.1. The second-order valence-electron chi connectivity index (χ2n) is 10.9. The predicted molar refractivity (Wildman–Crippen MR) is 172 cm³/mol. The minimum atomic E-state index is -3.86. The van der Waals surface area contributed by atoms with Gasteiger partial charge in [-0.25, -0.2) is 8.42 Å². The number of rotatable bonds is 11. The highest BCUT2D eigenvalue weighted by molar-refractivity contribution is 9.10. The van der Waals surface area contributed by atoms with Gasteiger partial charge in [0, 0.05) is 28.5 Å². The average Bonchev–Trinajstić information content (AvgIpc) is 2.95. The zero-order chi connectivity index (χ0) is 30.3. The van der Waals surface area contributed by atoms with E-state index in [9.17, 15) is 18.0 Å². The second kappa shape index (κ2) is 14.5. The van der Waals surface area contributed by atoms with Gasteiger partial charge < -0.3 is 10.2 Å². The zero-order valence-corrected chi connectivity index (χ0v) is 27.1. The maximum Gasteiger partial charge on any atom is 0.244 e. The number of nitrogens with zero attached hydrogens (tertiary/aromatic N) is 2. The third-order valence-electron chi connectivity index (χ3n) is 7.59. The minimum absolute atomic E-state index is 0.0505. The first-order valence-corrected chi connectivity index (χ1v) is 17.2. The molecule has 0 bridgehead atoms. The van der Waals surface area contributed by atoms with E-state index in [1.807, 2.05) is 61.5 Å². The normalized spacial score (nSPS) is 14.7. The Labute approximate surface area is 262 Å². The lowest BCUT2D eigenvalue weighted by Gasteiger charge is -2.35. The van der Waals surface area contributed by atoms with Crippen LogP contribution < -0.4 is 9.62 Å². The number of nitrogens with one attached hydrogen (secondary N) is 1. The van der Waals surface area contributed by atoms with Crippen LogP contribution in [0.25, 0.3) is 0 Å². The largest absolute Gasteiger partial charge is 0.352 e. The Hall–Kier alpha value is -2.88. The maximum atomic E-state index is 14.2. The van der Waals surface area contributed by atoms with Gasteiger partial charge in [0.15, 0.2) is 0 Å². The van der Waals surface area contributed by atoms with Crippen molar-refractivity contribution in [1.29, 1.82) is 0 Å². The highest BCUT2D eigenvalue weighted by Crippen LogP contribution is 2.26. The van der Waals surface area contributed by atoms with Gasteiger partial charge in [0.05, 0.1) is 11.9 Å². The van der Waals surface area contributed by atoms with Crippen LogP contribution in [0.3, 0.4) is 0 Å². The molecule has 3 aromatic rings. The number of anilines is 1. The third kappa shape index (κ3) is 8.82. The van der Waals surface area contributed by atoms with E-state index in [4.69, 9.17) is 11.6 Å². The van der Waals surface area contributed by atoms with Crippen LogP contribution in [-0.2, 0) is 32.6 Å². The van der Waals surface area contributed by atoms with Crippen LogP contribution in [0.1, 0.15) is 48.8 Å². The molecule has 0 aliphatic heterocycles. The highest BCUT2D eigenvalue weighted by atomic mass is 79.9. The molecule has 1 fully saturated rings. The van der Waals surface area contributed by atoms with E-state index in [-0.39, 0.29) is 30.6 Å². The number of hydrogen-bond acceptors (Lipinski definition) is 4. The van der Waals surface area contributed by atoms with Crippen molar-refractivity contribution >= 4 is 55.1 Å². The minimum Gasteiger partial charge on any atom is -0.352 e. The monoisotopic (exact) mass is 673 g/mol. The fourth-order valence-electron chi connectivity index (χ4n) is 5.28. The van der Waals surface area contributed by atoms with Gasteiger partial charge in [-0.15, -0.1) is 0 Å². The fourth-order valence-corrected chi connectivity index (χ4v) is 6.74. The summed E-state index contributed by atoms with van der Waals surface area (Å²) >= 11 is 9.83. The summed E-state index contributed by atoms with van der Waals surface area (Å²) in [6.07, 6.45) is 6.41. The lowest BCUT2D eigenvalue weighted by atomic mass is 9.94. The molecule has 224 valence electrons. The number of carbonyl (C=O) groups is 2. The summed E-state index contributed by atoms with van der Waals surface area (Å²) < 4.78 is 27.8. The number of benzene rings is 3. The van der Waals surface area contributed by atoms with Crippen LogP contribution in [0, 0.1) is 6.92 Å². The highest BCUT2D eigenvalue weighted by Gasteiger charge is 2.34. The van der Waals surface area contributed by atoms with Crippen LogP contribution in [0.2, 0.25) is 5.02 Å².